The number of esters is 1. The smallest absolute Gasteiger partial charge is 0.446 e. The Kier molecular flexibility index (Phi) is 10.9. The number of aromatic nitrogens is 3. The van der Waals surface area contributed by atoms with Crippen molar-refractivity contribution in [3.63, 3.8) is 0 Å². The van der Waals surface area contributed by atoms with Crippen LogP contribution >= 0.6 is 11.8 Å². The summed E-state index contributed by atoms with van der Waals surface area (Å²) in [5.41, 5.74) is -0.794. The first kappa shape index (κ1) is 34.3. The quantitative estimate of drug-likeness (QED) is 0.103. The minimum atomic E-state index is -4.42. The summed E-state index contributed by atoms with van der Waals surface area (Å²) in [5, 5.41) is 10.4. The van der Waals surface area contributed by atoms with Crippen molar-refractivity contribution in [3.05, 3.63) is 91.4 Å². The van der Waals surface area contributed by atoms with Crippen LogP contribution in [0.1, 0.15) is 24.1 Å². The minimum absolute atomic E-state index is 0.0139. The van der Waals surface area contributed by atoms with Crippen LogP contribution in [0.4, 0.5) is 29.3 Å². The lowest BCUT2D eigenvalue weighted by atomic mass is 10.1. The SMILES string of the molecule is CN(C)CCOC(=O)CCCC(=O)n1cc(NC(=O)Nc2ccc(SC(F)(F)F)cc2)c2cc(-c3cnn(-c4ccccc4)c3)ccc21. The first-order valence-electron chi connectivity index (χ1n) is 15.0. The molecule has 0 bridgehead atoms. The van der Waals surface area contributed by atoms with Crippen LogP contribution in [0.3, 0.4) is 0 Å². The zero-order valence-electron chi connectivity index (χ0n) is 26.2. The number of halogens is 3. The van der Waals surface area contributed by atoms with E-state index in [-0.39, 0.29) is 60.1 Å². The van der Waals surface area contributed by atoms with Gasteiger partial charge in [-0.15, -0.1) is 0 Å². The number of nitrogens with zero attached hydrogens (tertiary/aromatic N) is 4. The number of urea groups is 1. The maximum absolute atomic E-state index is 13.4. The van der Waals surface area contributed by atoms with Gasteiger partial charge in [0.2, 0.25) is 5.91 Å². The summed E-state index contributed by atoms with van der Waals surface area (Å²) in [5.74, 6) is -0.663. The molecule has 3 aromatic carbocycles. The fraction of sp³-hybridized carbons (Fsp3) is 0.235. The van der Waals surface area contributed by atoms with Crippen LogP contribution in [0.15, 0.2) is 96.3 Å². The van der Waals surface area contributed by atoms with Crippen LogP contribution in [-0.4, -0.2) is 69.9 Å². The topological polar surface area (TPSA) is 110 Å². The molecule has 5 aromatic rings. The van der Waals surface area contributed by atoms with Gasteiger partial charge in [-0.25, -0.2) is 9.48 Å². The number of fused-ring (bicyclic) bond motifs is 1. The van der Waals surface area contributed by atoms with E-state index in [1.807, 2.05) is 67.7 Å². The second-order valence-corrected chi connectivity index (χ2v) is 12.2. The number of carbonyl (C=O) groups is 3. The fourth-order valence-electron chi connectivity index (χ4n) is 4.85. The van der Waals surface area contributed by atoms with Gasteiger partial charge >= 0.3 is 17.5 Å². The summed E-state index contributed by atoms with van der Waals surface area (Å²) in [7, 11) is 3.75. The maximum Gasteiger partial charge on any atom is 0.446 e. The molecule has 0 saturated heterocycles. The maximum atomic E-state index is 13.4. The molecule has 2 heterocycles. The molecule has 14 heteroatoms. The van der Waals surface area contributed by atoms with Gasteiger partial charge in [-0.3, -0.25) is 14.2 Å². The summed E-state index contributed by atoms with van der Waals surface area (Å²) in [4.78, 5) is 40.4. The Labute approximate surface area is 278 Å². The number of ether oxygens (including phenoxy) is 1. The number of para-hydroxylation sites is 1. The van der Waals surface area contributed by atoms with Crippen LogP contribution in [0.25, 0.3) is 27.7 Å². The summed E-state index contributed by atoms with van der Waals surface area (Å²) in [6.07, 6.45) is 5.53. The van der Waals surface area contributed by atoms with Crippen molar-refractivity contribution in [2.75, 3.05) is 37.9 Å². The number of thioether (sulfide) groups is 1. The van der Waals surface area contributed by atoms with Crippen molar-refractivity contribution in [2.24, 2.45) is 0 Å². The minimum Gasteiger partial charge on any atom is -0.464 e. The zero-order valence-corrected chi connectivity index (χ0v) is 27.0. The van der Waals surface area contributed by atoms with Crippen LogP contribution in [0, 0.1) is 0 Å². The van der Waals surface area contributed by atoms with Gasteiger partial charge in [0.25, 0.3) is 0 Å². The molecule has 0 unspecified atom stereocenters. The lowest BCUT2D eigenvalue weighted by Gasteiger charge is -2.10. The monoisotopic (exact) mass is 678 g/mol. The summed E-state index contributed by atoms with van der Waals surface area (Å²) in [6.45, 7) is 0.864. The molecule has 0 saturated carbocycles. The largest absolute Gasteiger partial charge is 0.464 e. The average Bonchev–Trinajstić information content (AvgIpc) is 3.67. The summed E-state index contributed by atoms with van der Waals surface area (Å²) in [6, 6.07) is 19.7. The standard InChI is InChI=1S/C34H33F3N6O4S/c1-41(2)17-18-47-32(45)10-6-9-31(44)42-22-29(40-33(46)39-25-12-14-27(15-13-25)48-34(35,36)37)28-19-23(11-16-30(28)42)24-20-38-43(21-24)26-7-4-3-5-8-26/h3-5,7-8,11-16,19-22H,6,9-10,17-18H2,1-2H3,(H2,39,40,46). The van der Waals surface area contributed by atoms with Gasteiger partial charge in [0, 0.05) is 53.3 Å². The van der Waals surface area contributed by atoms with Crippen molar-refractivity contribution in [3.8, 4) is 16.8 Å². The number of rotatable bonds is 12. The molecule has 2 amide bonds. The van der Waals surface area contributed by atoms with E-state index < -0.39 is 11.5 Å². The number of hydrogen-bond acceptors (Lipinski definition) is 7. The Morgan fingerprint density at radius 2 is 1.67 bits per heavy atom. The van der Waals surface area contributed by atoms with E-state index >= 15 is 0 Å². The van der Waals surface area contributed by atoms with Gasteiger partial charge in [-0.1, -0.05) is 24.3 Å². The Morgan fingerprint density at radius 3 is 2.38 bits per heavy atom. The molecule has 48 heavy (non-hydrogen) atoms. The second-order valence-electron chi connectivity index (χ2n) is 11.1. The molecule has 5 rings (SSSR count). The molecule has 0 aliphatic carbocycles. The first-order valence-corrected chi connectivity index (χ1v) is 15.8. The second kappa shape index (κ2) is 15.2. The van der Waals surface area contributed by atoms with Gasteiger partial charge in [-0.05, 0) is 86.4 Å². The molecule has 2 N–H and O–H groups in total. The molecule has 250 valence electrons. The van der Waals surface area contributed by atoms with E-state index in [1.54, 1.807) is 16.9 Å². The third-order valence-corrected chi connectivity index (χ3v) is 7.92. The van der Waals surface area contributed by atoms with Crippen molar-refractivity contribution < 1.29 is 32.3 Å². The van der Waals surface area contributed by atoms with Gasteiger partial charge < -0.3 is 20.3 Å². The molecule has 0 spiro atoms. The molecule has 0 fully saturated rings. The van der Waals surface area contributed by atoms with Crippen LogP contribution < -0.4 is 10.6 Å². The number of hydrogen-bond donors (Lipinski definition) is 2. The van der Waals surface area contributed by atoms with Crippen molar-refractivity contribution in [1.29, 1.82) is 0 Å². The predicted molar refractivity (Wildman–Crippen MR) is 179 cm³/mol. The highest BCUT2D eigenvalue weighted by Crippen LogP contribution is 2.37. The van der Waals surface area contributed by atoms with E-state index in [0.29, 0.717) is 23.1 Å². The molecule has 0 radical (unpaired) electrons. The average molecular weight is 679 g/mol. The highest BCUT2D eigenvalue weighted by molar-refractivity contribution is 8.00. The van der Waals surface area contributed by atoms with Crippen molar-refractivity contribution >= 4 is 51.9 Å². The van der Waals surface area contributed by atoms with E-state index in [1.165, 1.54) is 35.0 Å². The fourth-order valence-corrected chi connectivity index (χ4v) is 5.39. The van der Waals surface area contributed by atoms with E-state index in [4.69, 9.17) is 4.74 Å². The molecule has 0 atom stereocenters. The van der Waals surface area contributed by atoms with Gasteiger partial charge in [-0.2, -0.15) is 18.3 Å². The lowest BCUT2D eigenvalue weighted by Crippen LogP contribution is -2.20. The normalized spacial score (nSPS) is 11.5. The van der Waals surface area contributed by atoms with Gasteiger partial charge in [0.1, 0.15) is 6.61 Å². The lowest BCUT2D eigenvalue weighted by molar-refractivity contribution is -0.144. The first-order chi connectivity index (χ1) is 22.9. The summed E-state index contributed by atoms with van der Waals surface area (Å²) >= 11 is -0.248. The van der Waals surface area contributed by atoms with Gasteiger partial charge in [0.15, 0.2) is 0 Å². The number of amides is 2. The van der Waals surface area contributed by atoms with E-state index in [0.717, 1.165) is 16.8 Å². The van der Waals surface area contributed by atoms with Crippen LogP contribution in [-0.2, 0) is 9.53 Å². The zero-order chi connectivity index (χ0) is 34.3. The van der Waals surface area contributed by atoms with Crippen LogP contribution in [0.5, 0.6) is 0 Å². The Morgan fingerprint density at radius 1 is 0.917 bits per heavy atom. The number of alkyl halides is 3. The Bertz CT molecular complexity index is 1890. The highest BCUT2D eigenvalue weighted by Gasteiger charge is 2.29. The van der Waals surface area contributed by atoms with Crippen molar-refractivity contribution in [2.45, 2.75) is 29.7 Å². The molecule has 0 aliphatic rings. The third kappa shape index (κ3) is 9.26. The number of likely N-dealkylation sites (N-methyl/N-ethyl adjacent to an activating group) is 1. The van der Waals surface area contributed by atoms with E-state index in [2.05, 4.69) is 15.7 Å². The Balaban J connectivity index is 1.36. The number of benzene rings is 3. The predicted octanol–water partition coefficient (Wildman–Crippen LogP) is 7.67. The molecular weight excluding hydrogens is 645 g/mol. The van der Waals surface area contributed by atoms with Crippen molar-refractivity contribution in [1.82, 2.24) is 19.2 Å². The van der Waals surface area contributed by atoms with Crippen LogP contribution in [0.2, 0.25) is 0 Å². The third-order valence-electron chi connectivity index (χ3n) is 7.18. The number of nitrogens with one attached hydrogen (secondary N) is 2. The summed E-state index contributed by atoms with van der Waals surface area (Å²) < 4.78 is 46.5. The van der Waals surface area contributed by atoms with E-state index in [9.17, 15) is 27.6 Å². The Hall–Kier alpha value is -5.08. The number of anilines is 2. The molecule has 2 aromatic heterocycles. The highest BCUT2D eigenvalue weighted by atomic mass is 32.2. The molecule has 0 aliphatic heterocycles. The van der Waals surface area contributed by atoms with Gasteiger partial charge in [0.05, 0.1) is 23.1 Å². The molecular formula is C34H33F3N6O4S. The molecule has 10 nitrogen and oxygen atoms in total. The number of carbonyl (C=O) groups excluding carboxylic acids is 3.